The van der Waals surface area contributed by atoms with E-state index >= 15 is 0 Å². The van der Waals surface area contributed by atoms with Crippen molar-refractivity contribution in [1.29, 1.82) is 0 Å². The van der Waals surface area contributed by atoms with Gasteiger partial charge in [0, 0.05) is 25.2 Å². The van der Waals surface area contributed by atoms with E-state index in [2.05, 4.69) is 26.8 Å². The summed E-state index contributed by atoms with van der Waals surface area (Å²) >= 11 is 0. The van der Waals surface area contributed by atoms with E-state index in [1.165, 1.54) is 0 Å². The van der Waals surface area contributed by atoms with Gasteiger partial charge in [0.05, 0.1) is 31.5 Å². The second-order valence-electron chi connectivity index (χ2n) is 15.7. The molecule has 284 valence electrons. The molecule has 0 radical (unpaired) electrons. The van der Waals surface area contributed by atoms with E-state index in [1.807, 2.05) is 19.9 Å². The maximum atomic E-state index is 14.2. The molecule has 2 N–H and O–H groups in total. The number of carbonyl (C=O) groups is 2. The van der Waals surface area contributed by atoms with Gasteiger partial charge in [0.25, 0.3) is 0 Å². The van der Waals surface area contributed by atoms with Gasteiger partial charge in [-0.3, -0.25) is 4.79 Å². The molecule has 1 aliphatic carbocycles. The zero-order valence-corrected chi connectivity index (χ0v) is 31.6. The first-order valence-corrected chi connectivity index (χ1v) is 18.9. The molecular weight excluding hydrogens is 664 g/mol. The van der Waals surface area contributed by atoms with Crippen molar-refractivity contribution in [1.82, 2.24) is 0 Å². The molecule has 0 saturated carbocycles. The SMILES string of the molecule is CCC(C)[C@H]1OC2(CC[C@@H]1C)C[C@@H]1C[C@@H](C/C=C(\C)[C@@H](OC(=O)c3ccc(OC)cc3)[C@@H](C)/C=C/C=C3\CO[C@@H]4[C@H](O)C(C)=C[C@@H](C(=O)O1)[C@]34O)O2. The number of hydrogen-bond acceptors (Lipinski definition) is 10. The van der Waals surface area contributed by atoms with Crippen LogP contribution in [0.4, 0.5) is 0 Å². The van der Waals surface area contributed by atoms with Crippen LogP contribution in [0.5, 0.6) is 5.75 Å². The Kier molecular flexibility index (Phi) is 11.5. The van der Waals surface area contributed by atoms with Gasteiger partial charge in [0.1, 0.15) is 41.7 Å². The Balaban J connectivity index is 1.38. The van der Waals surface area contributed by atoms with Crippen LogP contribution >= 0.6 is 0 Å². The Morgan fingerprint density at radius 2 is 1.85 bits per heavy atom. The zero-order valence-electron chi connectivity index (χ0n) is 31.6. The van der Waals surface area contributed by atoms with E-state index in [4.69, 9.17) is 28.4 Å². The number of aliphatic hydroxyl groups excluding tert-OH is 1. The minimum absolute atomic E-state index is 0.00594. The van der Waals surface area contributed by atoms with Crippen molar-refractivity contribution in [2.75, 3.05) is 13.7 Å². The molecule has 1 spiro atoms. The molecule has 52 heavy (non-hydrogen) atoms. The van der Waals surface area contributed by atoms with Gasteiger partial charge in [-0.05, 0) is 79.5 Å². The number of allylic oxidation sites excluding steroid dienone is 2. The number of methoxy groups -OCH3 is 1. The van der Waals surface area contributed by atoms with Crippen molar-refractivity contribution in [3.8, 4) is 5.75 Å². The van der Waals surface area contributed by atoms with Crippen LogP contribution in [0.1, 0.15) is 90.4 Å². The summed E-state index contributed by atoms with van der Waals surface area (Å²) in [4.78, 5) is 27.7. The molecule has 1 aromatic rings. The van der Waals surface area contributed by atoms with E-state index in [9.17, 15) is 19.8 Å². The molecule has 4 heterocycles. The largest absolute Gasteiger partial charge is 0.497 e. The Morgan fingerprint density at radius 1 is 1.10 bits per heavy atom. The number of ether oxygens (including phenoxy) is 6. The number of benzene rings is 1. The minimum Gasteiger partial charge on any atom is -0.497 e. The highest BCUT2D eigenvalue weighted by molar-refractivity contribution is 5.89. The standard InChI is InChI=1S/C42H56O10/c1-8-24(2)37-27(5)18-19-41(52-37)22-33-21-32(51-41)15-12-26(4)36(50-39(44)29-13-16-31(47-7)17-14-29)25(3)10-9-11-30-23-48-38-35(43)28(6)20-34(40(45)49-33)42(30,38)46/h9-14,16-17,20,24-25,27,32-38,43,46H,8,15,18-19,21-23H2,1-7H3/b10-9+,26-12+,30-11+/t24?,25-,27-,32+,33-,34-,35+,36-,37+,38+,41?,42+/m0/s1. The van der Waals surface area contributed by atoms with E-state index in [0.717, 1.165) is 18.4 Å². The molecular formula is C42H56O10. The summed E-state index contributed by atoms with van der Waals surface area (Å²) in [5.74, 6) is -2.02. The molecule has 12 atom stereocenters. The number of fused-ring (bicyclic) bond motifs is 2. The summed E-state index contributed by atoms with van der Waals surface area (Å²) in [5, 5.41) is 23.4. The van der Waals surface area contributed by atoms with Crippen LogP contribution < -0.4 is 4.74 Å². The fraction of sp³-hybridized carbons (Fsp3) is 0.619. The maximum Gasteiger partial charge on any atom is 0.338 e. The van der Waals surface area contributed by atoms with Gasteiger partial charge in [-0.2, -0.15) is 0 Å². The summed E-state index contributed by atoms with van der Waals surface area (Å²) in [7, 11) is 1.57. The lowest BCUT2D eigenvalue weighted by atomic mass is 9.71. The van der Waals surface area contributed by atoms with Crippen LogP contribution in [0.25, 0.3) is 0 Å². The van der Waals surface area contributed by atoms with Gasteiger partial charge in [-0.1, -0.05) is 64.5 Å². The molecule has 1 aromatic carbocycles. The fourth-order valence-electron chi connectivity index (χ4n) is 8.65. The molecule has 10 heteroatoms. The van der Waals surface area contributed by atoms with Gasteiger partial charge in [0.15, 0.2) is 5.79 Å². The lowest BCUT2D eigenvalue weighted by Crippen LogP contribution is -2.58. The third-order valence-electron chi connectivity index (χ3n) is 12.0. The highest BCUT2D eigenvalue weighted by atomic mass is 16.7. The number of rotatable bonds is 5. The van der Waals surface area contributed by atoms with Crippen molar-refractivity contribution in [2.24, 2.45) is 23.7 Å². The smallest absolute Gasteiger partial charge is 0.338 e. The molecule has 4 aliphatic heterocycles. The highest BCUT2D eigenvalue weighted by Crippen LogP contribution is 2.48. The third kappa shape index (κ3) is 7.55. The van der Waals surface area contributed by atoms with E-state index < -0.39 is 53.7 Å². The van der Waals surface area contributed by atoms with E-state index in [1.54, 1.807) is 56.5 Å². The summed E-state index contributed by atoms with van der Waals surface area (Å²) in [5.41, 5.74) is 0.435. The van der Waals surface area contributed by atoms with Crippen LogP contribution in [0.3, 0.4) is 0 Å². The molecule has 3 saturated heterocycles. The van der Waals surface area contributed by atoms with Crippen molar-refractivity contribution >= 4 is 11.9 Å². The minimum atomic E-state index is -1.82. The predicted octanol–water partition coefficient (Wildman–Crippen LogP) is 6.40. The van der Waals surface area contributed by atoms with E-state index in [-0.39, 0.29) is 24.7 Å². The molecule has 2 bridgehead atoms. The third-order valence-corrected chi connectivity index (χ3v) is 12.0. The average Bonchev–Trinajstić information content (AvgIpc) is 3.47. The monoisotopic (exact) mass is 720 g/mol. The average molecular weight is 721 g/mol. The van der Waals surface area contributed by atoms with Crippen LogP contribution in [0.15, 0.2) is 71.4 Å². The van der Waals surface area contributed by atoms with Crippen LogP contribution in [0, 0.1) is 23.7 Å². The summed E-state index contributed by atoms with van der Waals surface area (Å²) < 4.78 is 37.5. The summed E-state index contributed by atoms with van der Waals surface area (Å²) in [6, 6.07) is 6.80. The molecule has 3 fully saturated rings. The number of esters is 2. The Hall–Kier alpha value is -3.28. The van der Waals surface area contributed by atoms with Crippen LogP contribution in [-0.2, 0) is 28.5 Å². The first-order valence-electron chi connectivity index (χ1n) is 18.9. The first kappa shape index (κ1) is 38.4. The summed E-state index contributed by atoms with van der Waals surface area (Å²) in [6.07, 6.45) is 9.29. The lowest BCUT2D eigenvalue weighted by molar-refractivity contribution is -0.340. The Bertz CT molecular complexity index is 1590. The lowest BCUT2D eigenvalue weighted by Gasteiger charge is -2.51. The quantitative estimate of drug-likeness (QED) is 0.260. The number of hydrogen-bond donors (Lipinski definition) is 2. The molecule has 2 unspecified atom stereocenters. The van der Waals surface area contributed by atoms with E-state index in [0.29, 0.717) is 60.0 Å². The van der Waals surface area contributed by atoms with Crippen LogP contribution in [-0.4, -0.2) is 83.9 Å². The zero-order chi connectivity index (χ0) is 37.4. The molecule has 6 rings (SSSR count). The number of aliphatic hydroxyl groups is 2. The summed E-state index contributed by atoms with van der Waals surface area (Å²) in [6.45, 7) is 12.3. The molecule has 10 nitrogen and oxygen atoms in total. The number of carbonyl (C=O) groups excluding carboxylic acids is 2. The van der Waals surface area contributed by atoms with Gasteiger partial charge in [0.2, 0.25) is 0 Å². The highest BCUT2D eigenvalue weighted by Gasteiger charge is 2.60. The van der Waals surface area contributed by atoms with Crippen molar-refractivity contribution in [2.45, 2.75) is 128 Å². The molecule has 0 amide bonds. The second kappa shape index (κ2) is 15.6. The first-order chi connectivity index (χ1) is 24.8. The molecule has 0 aromatic heterocycles. The van der Waals surface area contributed by atoms with Gasteiger partial charge < -0.3 is 38.6 Å². The van der Waals surface area contributed by atoms with Crippen LogP contribution in [0.2, 0.25) is 0 Å². The maximum absolute atomic E-state index is 14.2. The Labute approximate surface area is 307 Å². The second-order valence-corrected chi connectivity index (χ2v) is 15.7. The van der Waals surface area contributed by atoms with Crippen molar-refractivity contribution in [3.05, 3.63) is 76.9 Å². The normalized spacial score (nSPS) is 41.3. The van der Waals surface area contributed by atoms with Gasteiger partial charge in [-0.25, -0.2) is 4.79 Å². The van der Waals surface area contributed by atoms with Gasteiger partial charge in [-0.15, -0.1) is 0 Å². The van der Waals surface area contributed by atoms with Crippen molar-refractivity contribution in [3.63, 3.8) is 0 Å². The fourth-order valence-corrected chi connectivity index (χ4v) is 8.65. The molecule has 5 aliphatic rings. The predicted molar refractivity (Wildman–Crippen MR) is 194 cm³/mol. The topological polar surface area (TPSA) is 130 Å². The van der Waals surface area contributed by atoms with Gasteiger partial charge >= 0.3 is 11.9 Å². The Morgan fingerprint density at radius 3 is 2.56 bits per heavy atom. The van der Waals surface area contributed by atoms with Crippen molar-refractivity contribution < 1.29 is 48.2 Å².